The van der Waals surface area contributed by atoms with Gasteiger partial charge in [-0.15, -0.1) is 0 Å². The van der Waals surface area contributed by atoms with Crippen molar-refractivity contribution in [3.63, 3.8) is 0 Å². The Morgan fingerprint density at radius 3 is 2.54 bits per heavy atom. The SMILES string of the molecule is Cc1ccc(COc2ccc3ccccc3c2CNC2CC2)cc1. The maximum absolute atomic E-state index is 6.18. The first kappa shape index (κ1) is 15.2. The van der Waals surface area contributed by atoms with Gasteiger partial charge in [0, 0.05) is 18.2 Å². The van der Waals surface area contributed by atoms with Gasteiger partial charge in [-0.25, -0.2) is 0 Å². The molecule has 0 saturated heterocycles. The largest absolute Gasteiger partial charge is 0.489 e. The minimum Gasteiger partial charge on any atom is -0.489 e. The van der Waals surface area contributed by atoms with Gasteiger partial charge in [-0.05, 0) is 42.2 Å². The molecule has 1 N–H and O–H groups in total. The van der Waals surface area contributed by atoms with Crippen molar-refractivity contribution in [2.24, 2.45) is 0 Å². The fourth-order valence-corrected chi connectivity index (χ4v) is 3.01. The molecule has 0 aliphatic heterocycles. The molecule has 0 amide bonds. The zero-order chi connectivity index (χ0) is 16.4. The van der Waals surface area contributed by atoms with Gasteiger partial charge in [0.05, 0.1) is 0 Å². The molecule has 24 heavy (non-hydrogen) atoms. The third-order valence-corrected chi connectivity index (χ3v) is 4.66. The van der Waals surface area contributed by atoms with Gasteiger partial charge in [0.15, 0.2) is 0 Å². The average Bonchev–Trinajstić information content (AvgIpc) is 3.44. The monoisotopic (exact) mass is 317 g/mol. The Kier molecular flexibility index (Phi) is 4.22. The number of aryl methyl sites for hydroxylation is 1. The number of ether oxygens (including phenoxy) is 1. The van der Waals surface area contributed by atoms with Crippen LogP contribution in [0.1, 0.15) is 29.5 Å². The molecule has 0 radical (unpaired) electrons. The van der Waals surface area contributed by atoms with Crippen LogP contribution in [-0.4, -0.2) is 6.04 Å². The van der Waals surface area contributed by atoms with Crippen LogP contribution < -0.4 is 10.1 Å². The molecule has 4 rings (SSSR count). The van der Waals surface area contributed by atoms with Crippen molar-refractivity contribution in [2.45, 2.75) is 39.0 Å². The van der Waals surface area contributed by atoms with Crippen LogP contribution in [0.3, 0.4) is 0 Å². The summed E-state index contributed by atoms with van der Waals surface area (Å²) in [6.07, 6.45) is 2.59. The first-order valence-electron chi connectivity index (χ1n) is 8.72. The van der Waals surface area contributed by atoms with Crippen molar-refractivity contribution in [1.82, 2.24) is 5.32 Å². The van der Waals surface area contributed by atoms with Gasteiger partial charge < -0.3 is 10.1 Å². The Morgan fingerprint density at radius 1 is 0.958 bits per heavy atom. The lowest BCUT2D eigenvalue weighted by molar-refractivity contribution is 0.302. The molecule has 0 atom stereocenters. The van der Waals surface area contributed by atoms with E-state index in [2.05, 4.69) is 72.9 Å². The van der Waals surface area contributed by atoms with Crippen LogP contribution in [0.4, 0.5) is 0 Å². The summed E-state index contributed by atoms with van der Waals surface area (Å²) in [7, 11) is 0. The molecule has 3 aromatic rings. The second-order valence-electron chi connectivity index (χ2n) is 6.69. The molecular formula is C22H23NO. The fraction of sp³-hybridized carbons (Fsp3) is 0.273. The van der Waals surface area contributed by atoms with Gasteiger partial charge in [0.2, 0.25) is 0 Å². The highest BCUT2D eigenvalue weighted by Crippen LogP contribution is 2.30. The van der Waals surface area contributed by atoms with Crippen molar-refractivity contribution < 1.29 is 4.74 Å². The Balaban J connectivity index is 1.60. The van der Waals surface area contributed by atoms with E-state index >= 15 is 0 Å². The highest BCUT2D eigenvalue weighted by atomic mass is 16.5. The van der Waals surface area contributed by atoms with E-state index in [9.17, 15) is 0 Å². The lowest BCUT2D eigenvalue weighted by atomic mass is 10.0. The van der Waals surface area contributed by atoms with Crippen molar-refractivity contribution in [2.75, 3.05) is 0 Å². The molecule has 0 aromatic heterocycles. The summed E-state index contributed by atoms with van der Waals surface area (Å²) in [5.41, 5.74) is 3.75. The zero-order valence-corrected chi connectivity index (χ0v) is 14.1. The predicted octanol–water partition coefficient (Wildman–Crippen LogP) is 4.98. The number of hydrogen-bond donors (Lipinski definition) is 1. The molecule has 1 fully saturated rings. The third-order valence-electron chi connectivity index (χ3n) is 4.66. The summed E-state index contributed by atoms with van der Waals surface area (Å²) < 4.78 is 6.18. The number of hydrogen-bond acceptors (Lipinski definition) is 2. The second-order valence-corrected chi connectivity index (χ2v) is 6.69. The molecule has 122 valence electrons. The normalized spacial score (nSPS) is 14.0. The Bertz CT molecular complexity index is 834. The summed E-state index contributed by atoms with van der Waals surface area (Å²) in [6.45, 7) is 3.58. The average molecular weight is 317 g/mol. The van der Waals surface area contributed by atoms with E-state index in [0.29, 0.717) is 12.6 Å². The predicted molar refractivity (Wildman–Crippen MR) is 99.3 cm³/mol. The molecule has 3 aromatic carbocycles. The van der Waals surface area contributed by atoms with E-state index in [0.717, 1.165) is 12.3 Å². The minimum atomic E-state index is 0.606. The summed E-state index contributed by atoms with van der Waals surface area (Å²) in [5, 5.41) is 6.19. The third kappa shape index (κ3) is 3.44. The molecule has 2 nitrogen and oxygen atoms in total. The van der Waals surface area contributed by atoms with Gasteiger partial charge in [-0.2, -0.15) is 0 Å². The highest BCUT2D eigenvalue weighted by molar-refractivity contribution is 5.87. The number of nitrogens with one attached hydrogen (secondary N) is 1. The Morgan fingerprint density at radius 2 is 1.75 bits per heavy atom. The van der Waals surface area contributed by atoms with Crippen molar-refractivity contribution in [3.8, 4) is 5.75 Å². The lowest BCUT2D eigenvalue weighted by Gasteiger charge is -2.15. The van der Waals surface area contributed by atoms with Crippen LogP contribution in [0.2, 0.25) is 0 Å². The summed E-state index contributed by atoms with van der Waals surface area (Å²) in [5.74, 6) is 0.988. The van der Waals surface area contributed by atoms with E-state index in [1.807, 2.05) is 0 Å². The molecule has 1 aliphatic carbocycles. The molecule has 0 bridgehead atoms. The van der Waals surface area contributed by atoms with Crippen LogP contribution >= 0.6 is 0 Å². The molecule has 2 heteroatoms. The van der Waals surface area contributed by atoms with Crippen LogP contribution in [0.15, 0.2) is 60.7 Å². The van der Waals surface area contributed by atoms with Gasteiger partial charge in [0.1, 0.15) is 12.4 Å². The maximum Gasteiger partial charge on any atom is 0.124 e. The van der Waals surface area contributed by atoms with Crippen molar-refractivity contribution in [1.29, 1.82) is 0 Å². The van der Waals surface area contributed by atoms with Gasteiger partial charge in [-0.3, -0.25) is 0 Å². The summed E-state index contributed by atoms with van der Waals surface area (Å²) in [4.78, 5) is 0. The standard InChI is InChI=1S/C22H23NO/c1-16-6-8-17(9-7-16)15-24-22-13-10-18-4-2-3-5-20(18)21(22)14-23-19-11-12-19/h2-10,13,19,23H,11-12,14-15H2,1H3. The summed E-state index contributed by atoms with van der Waals surface area (Å²) >= 11 is 0. The van der Waals surface area contributed by atoms with E-state index in [-0.39, 0.29) is 0 Å². The number of rotatable bonds is 6. The minimum absolute atomic E-state index is 0.606. The van der Waals surface area contributed by atoms with Crippen molar-refractivity contribution >= 4 is 10.8 Å². The smallest absolute Gasteiger partial charge is 0.124 e. The second kappa shape index (κ2) is 6.66. The topological polar surface area (TPSA) is 21.3 Å². The molecule has 0 unspecified atom stereocenters. The summed E-state index contributed by atoms with van der Waals surface area (Å²) in [6, 6.07) is 22.0. The molecule has 1 saturated carbocycles. The van der Waals surface area contributed by atoms with E-state index in [4.69, 9.17) is 4.74 Å². The van der Waals surface area contributed by atoms with Crippen LogP contribution in [-0.2, 0) is 13.2 Å². The van der Waals surface area contributed by atoms with Crippen molar-refractivity contribution in [3.05, 3.63) is 77.4 Å². The fourth-order valence-electron chi connectivity index (χ4n) is 3.01. The van der Waals surface area contributed by atoms with Crippen LogP contribution in [0.25, 0.3) is 10.8 Å². The first-order valence-corrected chi connectivity index (χ1v) is 8.72. The molecular weight excluding hydrogens is 294 g/mol. The lowest BCUT2D eigenvalue weighted by Crippen LogP contribution is -2.16. The van der Waals surface area contributed by atoms with E-state index in [1.165, 1.54) is 40.3 Å². The number of benzene rings is 3. The quantitative estimate of drug-likeness (QED) is 0.692. The van der Waals surface area contributed by atoms with Gasteiger partial charge in [-0.1, -0.05) is 60.2 Å². The Labute approximate surface area is 143 Å². The molecule has 1 aliphatic rings. The van der Waals surface area contributed by atoms with Crippen LogP contribution in [0, 0.1) is 6.92 Å². The van der Waals surface area contributed by atoms with Crippen LogP contribution in [0.5, 0.6) is 5.75 Å². The number of fused-ring (bicyclic) bond motifs is 1. The molecule has 0 heterocycles. The first-order chi connectivity index (χ1) is 11.8. The van der Waals surface area contributed by atoms with Gasteiger partial charge >= 0.3 is 0 Å². The van der Waals surface area contributed by atoms with E-state index < -0.39 is 0 Å². The Hall–Kier alpha value is -2.32. The zero-order valence-electron chi connectivity index (χ0n) is 14.1. The molecule has 0 spiro atoms. The van der Waals surface area contributed by atoms with Gasteiger partial charge in [0.25, 0.3) is 0 Å². The van der Waals surface area contributed by atoms with E-state index in [1.54, 1.807) is 0 Å². The highest BCUT2D eigenvalue weighted by Gasteiger charge is 2.21. The maximum atomic E-state index is 6.18.